The van der Waals surface area contributed by atoms with E-state index in [1.807, 2.05) is 6.92 Å². The molecule has 0 heterocycles. The van der Waals surface area contributed by atoms with Gasteiger partial charge in [-0.3, -0.25) is 0 Å². The van der Waals surface area contributed by atoms with Gasteiger partial charge in [0.1, 0.15) is 0 Å². The minimum Gasteiger partial charge on any atom is -1.00 e. The molecule has 0 aliphatic carbocycles. The molecule has 0 aromatic heterocycles. The van der Waals surface area contributed by atoms with Crippen molar-refractivity contribution < 1.29 is 25.4 Å². The summed E-state index contributed by atoms with van der Waals surface area (Å²) < 4.78 is 0. The van der Waals surface area contributed by atoms with E-state index < -0.39 is 0 Å². The summed E-state index contributed by atoms with van der Waals surface area (Å²) in [5, 5.41) is 7.88. The van der Waals surface area contributed by atoms with Crippen molar-refractivity contribution in [1.82, 2.24) is 0 Å². The van der Waals surface area contributed by atoms with Crippen LogP contribution in [0.15, 0.2) is 0 Å². The monoisotopic (exact) mass is 102 g/mol. The third-order valence-electron chi connectivity index (χ3n) is 0.224. The zero-order valence-corrected chi connectivity index (χ0v) is 5.36. The summed E-state index contributed by atoms with van der Waals surface area (Å²) in [5.41, 5.74) is 0. The van der Waals surface area contributed by atoms with Gasteiger partial charge in [-0.1, -0.05) is 6.92 Å². The van der Waals surface area contributed by atoms with E-state index >= 15 is 0 Å². The summed E-state index contributed by atoms with van der Waals surface area (Å²) in [5.74, 6) is 0. The van der Waals surface area contributed by atoms with E-state index in [9.17, 15) is 0 Å². The first kappa shape index (κ1) is 15.8. The van der Waals surface area contributed by atoms with E-state index in [1.165, 1.54) is 0 Å². The molecule has 0 aromatic carbocycles. The Morgan fingerprint density at radius 3 is 1.83 bits per heavy atom. The second-order valence-electron chi connectivity index (χ2n) is 0.724. The molecule has 1 N–H and O–H groups in total. The summed E-state index contributed by atoms with van der Waals surface area (Å²) in [4.78, 5) is 0. The van der Waals surface area contributed by atoms with Gasteiger partial charge in [0, 0.05) is 6.61 Å². The average molecular weight is 102 g/mol. The zero-order valence-electron chi connectivity index (χ0n) is 5.36. The van der Waals surface area contributed by atoms with Gasteiger partial charge in [-0.2, -0.15) is 13.5 Å². The number of hydrogen-bond donors (Lipinski definition) is 1. The van der Waals surface area contributed by atoms with Crippen LogP contribution in [0.1, 0.15) is 14.8 Å². The molecule has 0 unspecified atom stereocenters. The Kier molecular flexibility index (Phi) is 44.3. The first-order valence-corrected chi connectivity index (χ1v) is 1.52. The normalized spacial score (nSPS) is 5.00. The van der Waals surface area contributed by atoms with Crippen molar-refractivity contribution >= 4 is 13.5 Å². The minimum absolute atomic E-state index is 0. The molecule has 6 heavy (non-hydrogen) atoms. The maximum absolute atomic E-state index is 7.88. The maximum atomic E-state index is 7.88. The molecule has 0 fully saturated rings. The van der Waals surface area contributed by atoms with Crippen LogP contribution < -0.4 is 18.9 Å². The van der Waals surface area contributed by atoms with Crippen molar-refractivity contribution in [3.8, 4) is 0 Å². The Bertz CT molecular complexity index is 16.9. The maximum Gasteiger partial charge on any atom is 1.00 e. The third-order valence-corrected chi connectivity index (χ3v) is 0.224. The van der Waals surface area contributed by atoms with Crippen molar-refractivity contribution in [2.45, 2.75) is 13.3 Å². The Labute approximate surface area is 59.2 Å². The van der Waals surface area contributed by atoms with Crippen molar-refractivity contribution in [1.29, 1.82) is 0 Å². The number of hydrogen-bond acceptors (Lipinski definition) is 1. The standard InChI is InChI=1S/C3H8O.Li.H2S.H/c1-2-3-4;;;/h4H,2-3H2,1H3;;1H2;/q;+1;;-1. The molecule has 3 heteroatoms. The molecule has 0 aliphatic heterocycles. The Morgan fingerprint density at radius 1 is 1.67 bits per heavy atom. The molecule has 0 saturated heterocycles. The van der Waals surface area contributed by atoms with Crippen molar-refractivity contribution in [3.05, 3.63) is 0 Å². The van der Waals surface area contributed by atoms with Crippen molar-refractivity contribution in [3.63, 3.8) is 0 Å². The zero-order chi connectivity index (χ0) is 3.41. The molecule has 0 aliphatic rings. The van der Waals surface area contributed by atoms with Gasteiger partial charge in [0.15, 0.2) is 0 Å². The predicted octanol–water partition coefficient (Wildman–Crippen LogP) is -2.38. The molecule has 1 nitrogen and oxygen atoms in total. The number of aliphatic hydroxyl groups excluding tert-OH is 1. The molecule has 36 valence electrons. The number of aliphatic hydroxyl groups is 1. The van der Waals surface area contributed by atoms with Crippen LogP contribution in [-0.4, -0.2) is 11.7 Å². The van der Waals surface area contributed by atoms with Gasteiger partial charge in [0.2, 0.25) is 0 Å². The van der Waals surface area contributed by atoms with Gasteiger partial charge in [-0.25, -0.2) is 0 Å². The summed E-state index contributed by atoms with van der Waals surface area (Å²) >= 11 is 0. The molecule has 0 amide bonds. The van der Waals surface area contributed by atoms with Gasteiger partial charge >= 0.3 is 18.9 Å². The molecular formula is C3H11LiOS. The quantitative estimate of drug-likeness (QED) is 0.366. The van der Waals surface area contributed by atoms with Crippen LogP contribution in [0.4, 0.5) is 0 Å². The molecule has 0 bridgehead atoms. The van der Waals surface area contributed by atoms with E-state index in [0.717, 1.165) is 6.42 Å². The molecule has 0 aromatic rings. The SMILES string of the molecule is CCCO.S.[H-].[Li+]. The van der Waals surface area contributed by atoms with Crippen LogP contribution in [0, 0.1) is 0 Å². The second-order valence-corrected chi connectivity index (χ2v) is 0.724. The Hall–Kier alpha value is 0.907. The summed E-state index contributed by atoms with van der Waals surface area (Å²) in [7, 11) is 0. The molecule has 0 atom stereocenters. The summed E-state index contributed by atoms with van der Waals surface area (Å²) in [6.45, 7) is 2.25. The van der Waals surface area contributed by atoms with Crippen LogP contribution in [0.25, 0.3) is 0 Å². The first-order chi connectivity index (χ1) is 1.91. The predicted molar refractivity (Wildman–Crippen MR) is 28.9 cm³/mol. The van der Waals surface area contributed by atoms with Crippen molar-refractivity contribution in [2.24, 2.45) is 0 Å². The Morgan fingerprint density at radius 2 is 1.83 bits per heavy atom. The molecule has 0 radical (unpaired) electrons. The number of rotatable bonds is 1. The van der Waals surface area contributed by atoms with E-state index in [0.29, 0.717) is 6.61 Å². The van der Waals surface area contributed by atoms with Gasteiger partial charge in [-0.05, 0) is 6.42 Å². The summed E-state index contributed by atoms with van der Waals surface area (Å²) in [6, 6.07) is 0. The summed E-state index contributed by atoms with van der Waals surface area (Å²) in [6.07, 6.45) is 0.875. The van der Waals surface area contributed by atoms with Crippen molar-refractivity contribution in [2.75, 3.05) is 6.61 Å². The molecule has 0 saturated carbocycles. The van der Waals surface area contributed by atoms with Gasteiger partial charge in [0.05, 0.1) is 0 Å². The van der Waals surface area contributed by atoms with Crippen LogP contribution >= 0.6 is 13.5 Å². The Balaban J connectivity index is -0.0000000150. The first-order valence-electron chi connectivity index (χ1n) is 1.52. The van der Waals surface area contributed by atoms with Gasteiger partial charge in [-0.15, -0.1) is 0 Å². The third kappa shape index (κ3) is 20.6. The van der Waals surface area contributed by atoms with E-state index in [-0.39, 0.29) is 33.8 Å². The van der Waals surface area contributed by atoms with E-state index in [2.05, 4.69) is 0 Å². The second kappa shape index (κ2) is 16.8. The minimum atomic E-state index is 0. The van der Waals surface area contributed by atoms with Gasteiger partial charge < -0.3 is 6.53 Å². The van der Waals surface area contributed by atoms with Crippen LogP contribution in [0.2, 0.25) is 0 Å². The molecular weight excluding hydrogens is 91.0 g/mol. The largest absolute Gasteiger partial charge is 1.00 e. The average Bonchev–Trinajstić information content (AvgIpc) is 1.37. The van der Waals surface area contributed by atoms with E-state index in [4.69, 9.17) is 5.11 Å². The van der Waals surface area contributed by atoms with Gasteiger partial charge in [0.25, 0.3) is 0 Å². The fourth-order valence-corrected chi connectivity index (χ4v) is 0. The van der Waals surface area contributed by atoms with Crippen LogP contribution in [0.5, 0.6) is 0 Å². The molecule has 0 rings (SSSR count). The fourth-order valence-electron chi connectivity index (χ4n) is 0. The fraction of sp³-hybridized carbons (Fsp3) is 1.00. The smallest absolute Gasteiger partial charge is 1.00 e. The molecule has 0 spiro atoms. The van der Waals surface area contributed by atoms with E-state index in [1.54, 1.807) is 0 Å². The topological polar surface area (TPSA) is 20.2 Å². The van der Waals surface area contributed by atoms with Crippen LogP contribution in [-0.2, 0) is 0 Å². The van der Waals surface area contributed by atoms with Crippen LogP contribution in [0.3, 0.4) is 0 Å².